The molecule has 5 heteroatoms. The van der Waals surface area contributed by atoms with Crippen molar-refractivity contribution < 1.29 is 0 Å². The Morgan fingerprint density at radius 1 is 1.12 bits per heavy atom. The normalized spacial score (nSPS) is 10.5. The van der Waals surface area contributed by atoms with Crippen molar-refractivity contribution in [2.24, 2.45) is 0 Å². The van der Waals surface area contributed by atoms with Crippen LogP contribution in [0.2, 0.25) is 0 Å². The van der Waals surface area contributed by atoms with E-state index in [1.165, 1.54) is 0 Å². The Kier molecular flexibility index (Phi) is 2.00. The van der Waals surface area contributed by atoms with Crippen LogP contribution in [-0.2, 0) is 0 Å². The first-order valence-electron chi connectivity index (χ1n) is 4.89. The topological polar surface area (TPSA) is 55.1 Å². The van der Waals surface area contributed by atoms with E-state index >= 15 is 0 Å². The molecule has 0 amide bonds. The molecule has 3 rings (SSSR count). The van der Waals surface area contributed by atoms with Gasteiger partial charge in [0.1, 0.15) is 0 Å². The molecule has 0 atom stereocenters. The van der Waals surface area contributed by atoms with Crippen molar-refractivity contribution in [3.63, 3.8) is 0 Å². The Morgan fingerprint density at radius 3 is 2.88 bits per heavy atom. The summed E-state index contributed by atoms with van der Waals surface area (Å²) < 4.78 is 1.77. The SMILES string of the molecule is c1cc2cnc(Nc3ccncc3)nn2c1. The highest BCUT2D eigenvalue weighted by atomic mass is 15.3. The maximum atomic E-state index is 4.30. The fourth-order valence-electron chi connectivity index (χ4n) is 1.46. The number of hydrogen-bond donors (Lipinski definition) is 1. The number of hydrogen-bond acceptors (Lipinski definition) is 4. The Balaban J connectivity index is 1.94. The second-order valence-electron chi connectivity index (χ2n) is 3.32. The second-order valence-corrected chi connectivity index (χ2v) is 3.32. The number of anilines is 2. The molecule has 0 aliphatic heterocycles. The molecule has 0 spiro atoms. The van der Waals surface area contributed by atoms with Crippen molar-refractivity contribution in [1.29, 1.82) is 0 Å². The van der Waals surface area contributed by atoms with Gasteiger partial charge in [-0.15, -0.1) is 5.10 Å². The fraction of sp³-hybridized carbons (Fsp3) is 0. The summed E-state index contributed by atoms with van der Waals surface area (Å²) in [5, 5.41) is 7.41. The van der Waals surface area contributed by atoms with E-state index in [9.17, 15) is 0 Å². The molecule has 1 N–H and O–H groups in total. The molecule has 0 saturated carbocycles. The Morgan fingerprint density at radius 2 is 2.00 bits per heavy atom. The van der Waals surface area contributed by atoms with Gasteiger partial charge in [-0.3, -0.25) is 4.98 Å². The van der Waals surface area contributed by atoms with Crippen LogP contribution in [0.1, 0.15) is 0 Å². The van der Waals surface area contributed by atoms with Crippen molar-refractivity contribution >= 4 is 17.2 Å². The minimum absolute atomic E-state index is 0.565. The van der Waals surface area contributed by atoms with Crippen LogP contribution in [0.4, 0.5) is 11.6 Å². The number of nitrogens with zero attached hydrogens (tertiary/aromatic N) is 4. The molecule has 3 aromatic rings. The van der Waals surface area contributed by atoms with Gasteiger partial charge in [-0.05, 0) is 24.3 Å². The van der Waals surface area contributed by atoms with Crippen LogP contribution in [0, 0.1) is 0 Å². The third kappa shape index (κ3) is 1.58. The summed E-state index contributed by atoms with van der Waals surface area (Å²) in [5.41, 5.74) is 1.89. The van der Waals surface area contributed by atoms with Gasteiger partial charge in [-0.25, -0.2) is 9.50 Å². The summed E-state index contributed by atoms with van der Waals surface area (Å²) in [5.74, 6) is 0.565. The van der Waals surface area contributed by atoms with Crippen LogP contribution in [0.5, 0.6) is 0 Å². The van der Waals surface area contributed by atoms with Crippen molar-refractivity contribution in [1.82, 2.24) is 19.6 Å². The first-order valence-corrected chi connectivity index (χ1v) is 4.89. The minimum Gasteiger partial charge on any atom is -0.323 e. The highest BCUT2D eigenvalue weighted by Gasteiger charge is 1.99. The zero-order valence-electron chi connectivity index (χ0n) is 8.41. The average Bonchev–Trinajstić information content (AvgIpc) is 2.77. The van der Waals surface area contributed by atoms with Gasteiger partial charge in [-0.2, -0.15) is 0 Å². The minimum atomic E-state index is 0.565. The third-order valence-electron chi connectivity index (χ3n) is 2.22. The number of nitrogens with one attached hydrogen (secondary N) is 1. The van der Waals surface area contributed by atoms with Gasteiger partial charge in [0.25, 0.3) is 0 Å². The standard InChI is InChI=1S/C11H9N5/c1-2-10-8-13-11(15-16(10)7-1)14-9-3-5-12-6-4-9/h1-8H,(H,12,14,15). The van der Waals surface area contributed by atoms with Gasteiger partial charge in [0, 0.05) is 24.3 Å². The summed E-state index contributed by atoms with van der Waals surface area (Å²) in [6.45, 7) is 0. The molecule has 0 aliphatic rings. The first-order chi connectivity index (χ1) is 7.92. The van der Waals surface area contributed by atoms with Gasteiger partial charge in [0.15, 0.2) is 0 Å². The van der Waals surface area contributed by atoms with Crippen LogP contribution in [0.15, 0.2) is 49.1 Å². The maximum Gasteiger partial charge on any atom is 0.245 e. The molecule has 5 nitrogen and oxygen atoms in total. The van der Waals surface area contributed by atoms with Crippen LogP contribution in [-0.4, -0.2) is 19.6 Å². The van der Waals surface area contributed by atoms with Crippen LogP contribution < -0.4 is 5.32 Å². The molecule has 16 heavy (non-hydrogen) atoms. The average molecular weight is 211 g/mol. The zero-order valence-corrected chi connectivity index (χ0v) is 8.41. The molecule has 3 heterocycles. The monoisotopic (exact) mass is 211 g/mol. The van der Waals surface area contributed by atoms with Crippen molar-refractivity contribution in [2.45, 2.75) is 0 Å². The summed E-state index contributed by atoms with van der Waals surface area (Å²) in [7, 11) is 0. The quantitative estimate of drug-likeness (QED) is 0.703. The van der Waals surface area contributed by atoms with E-state index in [1.54, 1.807) is 23.1 Å². The molecular weight excluding hydrogens is 202 g/mol. The molecule has 0 radical (unpaired) electrons. The predicted molar refractivity (Wildman–Crippen MR) is 60.5 cm³/mol. The van der Waals surface area contributed by atoms with Crippen molar-refractivity contribution in [2.75, 3.05) is 5.32 Å². The molecule has 0 fully saturated rings. The Labute approximate surface area is 91.8 Å². The molecule has 3 aromatic heterocycles. The molecule has 0 saturated heterocycles. The number of pyridine rings is 1. The van der Waals surface area contributed by atoms with E-state index in [-0.39, 0.29) is 0 Å². The smallest absolute Gasteiger partial charge is 0.245 e. The molecule has 0 unspecified atom stereocenters. The van der Waals surface area contributed by atoms with E-state index in [2.05, 4.69) is 20.4 Å². The molecular formula is C11H9N5. The highest BCUT2D eigenvalue weighted by molar-refractivity contribution is 5.53. The Bertz CT molecular complexity index is 602. The summed E-state index contributed by atoms with van der Waals surface area (Å²) in [6, 6.07) is 7.61. The van der Waals surface area contributed by atoms with Crippen molar-refractivity contribution in [3.05, 3.63) is 49.1 Å². The van der Waals surface area contributed by atoms with Gasteiger partial charge < -0.3 is 5.32 Å². The lowest BCUT2D eigenvalue weighted by atomic mass is 10.4. The maximum absolute atomic E-state index is 4.30. The van der Waals surface area contributed by atoms with Gasteiger partial charge in [0.05, 0.1) is 11.7 Å². The number of fused-ring (bicyclic) bond motifs is 1. The lowest BCUT2D eigenvalue weighted by molar-refractivity contribution is 0.913. The van der Waals surface area contributed by atoms with Crippen LogP contribution >= 0.6 is 0 Å². The number of aromatic nitrogens is 4. The van der Waals surface area contributed by atoms with E-state index in [4.69, 9.17) is 0 Å². The van der Waals surface area contributed by atoms with Crippen LogP contribution in [0.25, 0.3) is 5.52 Å². The first kappa shape index (κ1) is 8.84. The number of rotatable bonds is 2. The molecule has 0 bridgehead atoms. The molecule has 78 valence electrons. The van der Waals surface area contributed by atoms with Gasteiger partial charge >= 0.3 is 0 Å². The fourth-order valence-corrected chi connectivity index (χ4v) is 1.46. The predicted octanol–water partition coefficient (Wildman–Crippen LogP) is 1.87. The summed E-state index contributed by atoms with van der Waals surface area (Å²) >= 11 is 0. The van der Waals surface area contributed by atoms with E-state index in [0.29, 0.717) is 5.95 Å². The lowest BCUT2D eigenvalue weighted by Crippen LogP contribution is -2.00. The highest BCUT2D eigenvalue weighted by Crippen LogP contribution is 2.10. The van der Waals surface area contributed by atoms with E-state index in [1.807, 2.05) is 30.5 Å². The Hall–Kier alpha value is -2.43. The van der Waals surface area contributed by atoms with Gasteiger partial charge in [-0.1, -0.05) is 0 Å². The van der Waals surface area contributed by atoms with Crippen molar-refractivity contribution in [3.8, 4) is 0 Å². The zero-order chi connectivity index (χ0) is 10.8. The third-order valence-corrected chi connectivity index (χ3v) is 2.22. The summed E-state index contributed by atoms with van der Waals surface area (Å²) in [6.07, 6.45) is 7.10. The largest absolute Gasteiger partial charge is 0.323 e. The molecule has 0 aromatic carbocycles. The molecule has 0 aliphatic carbocycles. The lowest BCUT2D eigenvalue weighted by Gasteiger charge is -2.03. The second kappa shape index (κ2) is 3.62. The van der Waals surface area contributed by atoms with E-state index < -0.39 is 0 Å². The van der Waals surface area contributed by atoms with Gasteiger partial charge in [0.2, 0.25) is 5.95 Å². The van der Waals surface area contributed by atoms with E-state index in [0.717, 1.165) is 11.2 Å². The summed E-state index contributed by atoms with van der Waals surface area (Å²) in [4.78, 5) is 8.15. The van der Waals surface area contributed by atoms with Crippen LogP contribution in [0.3, 0.4) is 0 Å².